The van der Waals surface area contributed by atoms with Gasteiger partial charge in [-0.25, -0.2) is 0 Å². The van der Waals surface area contributed by atoms with E-state index in [1.807, 2.05) is 0 Å². The molecule has 3 atom stereocenters. The van der Waals surface area contributed by atoms with Crippen molar-refractivity contribution in [3.8, 4) is 5.75 Å². The molecule has 2 heterocycles. The summed E-state index contributed by atoms with van der Waals surface area (Å²) in [5.74, 6) is 1.35. The molecule has 1 N–H and O–H groups in total. The first-order chi connectivity index (χ1) is 12.9. The molecule has 5 rings (SSSR count). The summed E-state index contributed by atoms with van der Waals surface area (Å²) in [5.41, 5.74) is 4.76. The normalized spacial score (nSPS) is 37.0. The lowest BCUT2D eigenvalue weighted by Gasteiger charge is -2.65. The predicted octanol–water partition coefficient (Wildman–Crippen LogP) is 4.71. The molecule has 0 radical (unpaired) electrons. The molecule has 2 bridgehead atoms. The van der Waals surface area contributed by atoms with Crippen LogP contribution in [0.15, 0.2) is 12.1 Å². The van der Waals surface area contributed by atoms with Gasteiger partial charge in [0, 0.05) is 24.5 Å². The van der Waals surface area contributed by atoms with Gasteiger partial charge in [0.2, 0.25) is 0 Å². The van der Waals surface area contributed by atoms with Gasteiger partial charge in [-0.15, -0.1) is 0 Å². The van der Waals surface area contributed by atoms with E-state index in [-0.39, 0.29) is 5.41 Å². The van der Waals surface area contributed by atoms with Crippen LogP contribution in [0.5, 0.6) is 5.75 Å². The second-order valence-electron chi connectivity index (χ2n) is 10.3. The van der Waals surface area contributed by atoms with E-state index in [0.717, 1.165) is 31.1 Å². The molecular formula is C24H36N2O. The van der Waals surface area contributed by atoms with Gasteiger partial charge in [-0.2, -0.15) is 0 Å². The predicted molar refractivity (Wildman–Crippen MR) is 112 cm³/mol. The number of piperidine rings is 2. The van der Waals surface area contributed by atoms with E-state index in [1.54, 1.807) is 0 Å². The van der Waals surface area contributed by atoms with Crippen molar-refractivity contribution in [2.75, 3.05) is 31.6 Å². The number of likely N-dealkylation sites (N-methyl/N-ethyl adjacent to an activating group) is 1. The summed E-state index contributed by atoms with van der Waals surface area (Å²) in [6, 6.07) is 5.23. The lowest BCUT2D eigenvalue weighted by molar-refractivity contribution is -0.0735. The number of phenolic OH excluding ortho intramolecular Hbond substituents is 1. The summed E-state index contributed by atoms with van der Waals surface area (Å²) in [6.45, 7) is 8.28. The maximum atomic E-state index is 11.1. The van der Waals surface area contributed by atoms with Crippen LogP contribution in [0.25, 0.3) is 0 Å². The fraction of sp³-hybridized carbons (Fsp3) is 0.750. The zero-order valence-corrected chi connectivity index (χ0v) is 17.4. The summed E-state index contributed by atoms with van der Waals surface area (Å²) in [5, 5.41) is 11.1. The zero-order chi connectivity index (χ0) is 18.8. The van der Waals surface area contributed by atoms with E-state index in [1.165, 1.54) is 62.6 Å². The van der Waals surface area contributed by atoms with Crippen LogP contribution < -0.4 is 4.90 Å². The Morgan fingerprint density at radius 1 is 1.04 bits per heavy atom. The summed E-state index contributed by atoms with van der Waals surface area (Å²) in [6.07, 6.45) is 10.2. The standard InChI is InChI=1S/C24H36N2O/c1-17-6-11-26(12-7-17)20-14-18-15-22-23(2)8-4-5-9-24(23,10-13-25(22)3)19(18)16-21(20)27/h14,16-17,22,27H,4-13,15H2,1-3H3. The number of hydrogen-bond donors (Lipinski definition) is 1. The second-order valence-corrected chi connectivity index (χ2v) is 10.3. The van der Waals surface area contributed by atoms with Crippen molar-refractivity contribution >= 4 is 5.69 Å². The Hall–Kier alpha value is -1.22. The molecule has 2 aliphatic carbocycles. The average molecular weight is 369 g/mol. The number of nitrogens with zero attached hydrogens (tertiary/aromatic N) is 2. The Morgan fingerprint density at radius 3 is 2.56 bits per heavy atom. The second kappa shape index (κ2) is 6.14. The van der Waals surface area contributed by atoms with Crippen molar-refractivity contribution in [1.29, 1.82) is 0 Å². The molecule has 1 saturated carbocycles. The Morgan fingerprint density at radius 2 is 1.78 bits per heavy atom. The molecule has 2 aliphatic heterocycles. The van der Waals surface area contributed by atoms with Gasteiger partial charge in [-0.05, 0) is 86.7 Å². The highest BCUT2D eigenvalue weighted by Gasteiger charge is 2.60. The topological polar surface area (TPSA) is 26.7 Å². The summed E-state index contributed by atoms with van der Waals surface area (Å²) < 4.78 is 0. The van der Waals surface area contributed by atoms with E-state index < -0.39 is 0 Å². The smallest absolute Gasteiger partial charge is 0.139 e. The first-order valence-corrected chi connectivity index (χ1v) is 11.3. The van der Waals surface area contributed by atoms with Crippen molar-refractivity contribution in [1.82, 2.24) is 4.90 Å². The maximum Gasteiger partial charge on any atom is 0.139 e. The SMILES string of the molecule is CC1CCN(c2cc3c(cc2O)C24CCCCC2(C)C(C3)N(C)CC4)CC1. The Labute approximate surface area is 164 Å². The Balaban J connectivity index is 1.60. The van der Waals surface area contributed by atoms with E-state index in [0.29, 0.717) is 17.2 Å². The molecule has 2 saturated heterocycles. The van der Waals surface area contributed by atoms with Crippen LogP contribution in [0.3, 0.4) is 0 Å². The minimum Gasteiger partial charge on any atom is -0.506 e. The van der Waals surface area contributed by atoms with Crippen LogP contribution in [-0.2, 0) is 11.8 Å². The number of anilines is 1. The third-order valence-corrected chi connectivity index (χ3v) is 9.06. The highest BCUT2D eigenvalue weighted by molar-refractivity contribution is 5.64. The molecule has 1 aromatic carbocycles. The monoisotopic (exact) mass is 368 g/mol. The molecule has 3 unspecified atom stereocenters. The molecule has 0 aromatic heterocycles. The summed E-state index contributed by atoms with van der Waals surface area (Å²) in [7, 11) is 2.34. The van der Waals surface area contributed by atoms with Crippen LogP contribution in [0.4, 0.5) is 5.69 Å². The molecule has 0 spiro atoms. The lowest BCUT2D eigenvalue weighted by atomic mass is 9.45. The zero-order valence-electron chi connectivity index (χ0n) is 17.4. The van der Waals surface area contributed by atoms with Gasteiger partial charge in [-0.3, -0.25) is 0 Å². The number of likely N-dealkylation sites (tertiary alicyclic amines) is 1. The highest BCUT2D eigenvalue weighted by Crippen LogP contribution is 2.63. The summed E-state index contributed by atoms with van der Waals surface area (Å²) in [4.78, 5) is 5.07. The summed E-state index contributed by atoms with van der Waals surface area (Å²) >= 11 is 0. The quantitative estimate of drug-likeness (QED) is 0.778. The molecule has 3 fully saturated rings. The van der Waals surface area contributed by atoms with Crippen LogP contribution in [-0.4, -0.2) is 42.7 Å². The number of aromatic hydroxyl groups is 1. The van der Waals surface area contributed by atoms with Crippen molar-refractivity contribution in [3.63, 3.8) is 0 Å². The molecule has 4 aliphatic rings. The van der Waals surface area contributed by atoms with Gasteiger partial charge in [0.1, 0.15) is 5.75 Å². The van der Waals surface area contributed by atoms with Gasteiger partial charge < -0.3 is 14.9 Å². The van der Waals surface area contributed by atoms with E-state index in [2.05, 4.69) is 42.8 Å². The van der Waals surface area contributed by atoms with Crippen LogP contribution in [0.1, 0.15) is 69.9 Å². The highest BCUT2D eigenvalue weighted by atomic mass is 16.3. The Bertz CT molecular complexity index is 738. The molecule has 3 heteroatoms. The first-order valence-electron chi connectivity index (χ1n) is 11.3. The van der Waals surface area contributed by atoms with Crippen molar-refractivity contribution < 1.29 is 5.11 Å². The fourth-order valence-electron chi connectivity index (χ4n) is 7.25. The van der Waals surface area contributed by atoms with Gasteiger partial charge in [0.15, 0.2) is 0 Å². The Kier molecular flexibility index (Phi) is 4.06. The fourth-order valence-corrected chi connectivity index (χ4v) is 7.25. The van der Waals surface area contributed by atoms with Crippen molar-refractivity contribution in [2.45, 2.75) is 76.7 Å². The van der Waals surface area contributed by atoms with Crippen LogP contribution in [0.2, 0.25) is 0 Å². The number of hydrogen-bond acceptors (Lipinski definition) is 3. The molecule has 3 nitrogen and oxygen atoms in total. The average Bonchev–Trinajstić information content (AvgIpc) is 2.65. The molecule has 148 valence electrons. The van der Waals surface area contributed by atoms with Crippen LogP contribution >= 0.6 is 0 Å². The van der Waals surface area contributed by atoms with E-state index in [9.17, 15) is 5.11 Å². The minimum atomic E-state index is 0.280. The molecule has 0 amide bonds. The van der Waals surface area contributed by atoms with Crippen molar-refractivity contribution in [2.24, 2.45) is 11.3 Å². The van der Waals surface area contributed by atoms with E-state index >= 15 is 0 Å². The number of benzene rings is 1. The number of rotatable bonds is 1. The maximum absolute atomic E-state index is 11.1. The van der Waals surface area contributed by atoms with Gasteiger partial charge in [-0.1, -0.05) is 26.7 Å². The largest absolute Gasteiger partial charge is 0.506 e. The first kappa shape index (κ1) is 17.8. The van der Waals surface area contributed by atoms with Gasteiger partial charge in [0.25, 0.3) is 0 Å². The minimum absolute atomic E-state index is 0.280. The van der Waals surface area contributed by atoms with Gasteiger partial charge in [0.05, 0.1) is 5.69 Å². The van der Waals surface area contributed by atoms with Crippen LogP contribution in [0, 0.1) is 11.3 Å². The third kappa shape index (κ3) is 2.43. The molecule has 27 heavy (non-hydrogen) atoms. The molecule has 1 aromatic rings. The number of phenols is 1. The van der Waals surface area contributed by atoms with Gasteiger partial charge >= 0.3 is 0 Å². The molecular weight excluding hydrogens is 332 g/mol. The lowest BCUT2D eigenvalue weighted by Crippen LogP contribution is -2.66. The number of fused-ring (bicyclic) bond motifs is 1. The third-order valence-electron chi connectivity index (χ3n) is 9.06. The van der Waals surface area contributed by atoms with Crippen molar-refractivity contribution in [3.05, 3.63) is 23.3 Å². The van der Waals surface area contributed by atoms with E-state index in [4.69, 9.17) is 0 Å².